The number of nitrogens with zero attached hydrogens (tertiary/aromatic N) is 1. The highest BCUT2D eigenvalue weighted by Gasteiger charge is 2.40. The first-order valence-electron chi connectivity index (χ1n) is 7.90. The van der Waals surface area contributed by atoms with Gasteiger partial charge in [0, 0.05) is 19.2 Å². The third-order valence-electron chi connectivity index (χ3n) is 4.03. The molecule has 1 unspecified atom stereocenters. The molecule has 1 N–H and O–H groups in total. The summed E-state index contributed by atoms with van der Waals surface area (Å²) in [4.78, 5) is 0. The van der Waals surface area contributed by atoms with Crippen LogP contribution in [0.5, 0.6) is 0 Å². The molecule has 3 nitrogen and oxygen atoms in total. The van der Waals surface area contributed by atoms with Gasteiger partial charge in [-0.05, 0) is 44.2 Å². The van der Waals surface area contributed by atoms with Gasteiger partial charge in [-0.25, -0.2) is 8.51 Å². The lowest BCUT2D eigenvalue weighted by Crippen LogP contribution is -2.41. The molecule has 0 radical (unpaired) electrons. The van der Waals surface area contributed by atoms with E-state index in [9.17, 15) is 9.32 Å². The normalized spacial score (nSPS) is 26.5. The fraction of sp³-hybridized carbons (Fsp3) is 0.556. The van der Waals surface area contributed by atoms with Crippen molar-refractivity contribution in [2.75, 3.05) is 13.2 Å². The first kappa shape index (κ1) is 17.4. The maximum atomic E-state index is 12.8. The molecule has 1 saturated heterocycles. The second kappa shape index (κ2) is 7.07. The van der Waals surface area contributed by atoms with E-state index in [-0.39, 0.29) is 17.4 Å². The van der Waals surface area contributed by atoms with Gasteiger partial charge in [0.15, 0.2) is 0 Å². The first-order chi connectivity index (χ1) is 10.3. The second-order valence-corrected chi connectivity index (χ2v) is 9.14. The van der Waals surface area contributed by atoms with Crippen LogP contribution in [-0.4, -0.2) is 37.6 Å². The van der Waals surface area contributed by atoms with E-state index in [4.69, 9.17) is 0 Å². The summed E-state index contributed by atoms with van der Waals surface area (Å²) in [7, 11) is -1.06. The summed E-state index contributed by atoms with van der Waals surface area (Å²) in [6, 6.07) is 10.3. The van der Waals surface area contributed by atoms with Gasteiger partial charge in [-0.3, -0.25) is 0 Å². The van der Waals surface area contributed by atoms with Gasteiger partial charge in [-0.2, -0.15) is 0 Å². The molecule has 0 amide bonds. The summed E-state index contributed by atoms with van der Waals surface area (Å²) in [6.07, 6.45) is 2.83. The topological polar surface area (TPSA) is 40.5 Å². The molecule has 0 saturated carbocycles. The SMILES string of the molecule is C[C@@H]1CN(S(=O)C(C)(C)C)[C@H](CCO)/C1=C\c1ccccc1. The van der Waals surface area contributed by atoms with Crippen LogP contribution >= 0.6 is 0 Å². The monoisotopic (exact) mass is 321 g/mol. The molecule has 1 fully saturated rings. The van der Waals surface area contributed by atoms with Crippen molar-refractivity contribution in [3.8, 4) is 0 Å². The summed E-state index contributed by atoms with van der Waals surface area (Å²) in [5.74, 6) is 0.350. The highest BCUT2D eigenvalue weighted by molar-refractivity contribution is 7.84. The summed E-state index contributed by atoms with van der Waals surface area (Å²) in [5, 5.41) is 9.45. The highest BCUT2D eigenvalue weighted by Crippen LogP contribution is 2.36. The van der Waals surface area contributed by atoms with Crippen molar-refractivity contribution < 1.29 is 9.32 Å². The highest BCUT2D eigenvalue weighted by atomic mass is 32.2. The summed E-state index contributed by atoms with van der Waals surface area (Å²) >= 11 is 0. The minimum Gasteiger partial charge on any atom is -0.396 e. The van der Waals surface area contributed by atoms with Crippen LogP contribution in [0.2, 0.25) is 0 Å². The Morgan fingerprint density at radius 2 is 1.95 bits per heavy atom. The van der Waals surface area contributed by atoms with Crippen LogP contribution in [0.4, 0.5) is 0 Å². The van der Waals surface area contributed by atoms with Crippen LogP contribution in [0.1, 0.15) is 39.7 Å². The molecule has 1 aliphatic rings. The Morgan fingerprint density at radius 1 is 1.32 bits per heavy atom. The Bertz CT molecular complexity index is 548. The smallest absolute Gasteiger partial charge is 0.100 e. The van der Waals surface area contributed by atoms with Crippen molar-refractivity contribution in [3.05, 3.63) is 41.5 Å². The largest absolute Gasteiger partial charge is 0.396 e. The second-order valence-electron chi connectivity index (χ2n) is 6.95. The van der Waals surface area contributed by atoms with Crippen molar-refractivity contribution in [1.82, 2.24) is 4.31 Å². The minimum atomic E-state index is -1.06. The lowest BCUT2D eigenvalue weighted by atomic mass is 9.95. The first-order valence-corrected chi connectivity index (χ1v) is 9.01. The third kappa shape index (κ3) is 3.86. The quantitative estimate of drug-likeness (QED) is 0.925. The van der Waals surface area contributed by atoms with Gasteiger partial charge in [0.1, 0.15) is 11.0 Å². The lowest BCUT2D eigenvalue weighted by Gasteiger charge is -2.30. The fourth-order valence-corrected chi connectivity index (χ4v) is 4.47. The van der Waals surface area contributed by atoms with Crippen molar-refractivity contribution in [2.24, 2.45) is 5.92 Å². The van der Waals surface area contributed by atoms with E-state index in [1.807, 2.05) is 39.0 Å². The maximum absolute atomic E-state index is 12.8. The van der Waals surface area contributed by atoms with Gasteiger partial charge in [0.2, 0.25) is 0 Å². The zero-order valence-corrected chi connectivity index (χ0v) is 14.8. The summed E-state index contributed by atoms with van der Waals surface area (Å²) in [5.41, 5.74) is 2.44. The molecule has 2 rings (SSSR count). The average molecular weight is 321 g/mol. The average Bonchev–Trinajstić information content (AvgIpc) is 2.76. The van der Waals surface area contributed by atoms with Crippen LogP contribution in [0.15, 0.2) is 35.9 Å². The Morgan fingerprint density at radius 3 is 2.50 bits per heavy atom. The molecule has 4 heteroatoms. The maximum Gasteiger partial charge on any atom is 0.100 e. The van der Waals surface area contributed by atoms with E-state index in [2.05, 4.69) is 29.4 Å². The van der Waals surface area contributed by atoms with Gasteiger partial charge >= 0.3 is 0 Å². The van der Waals surface area contributed by atoms with Crippen molar-refractivity contribution in [1.29, 1.82) is 0 Å². The van der Waals surface area contributed by atoms with Crippen LogP contribution in [0, 0.1) is 5.92 Å². The van der Waals surface area contributed by atoms with Crippen LogP contribution < -0.4 is 0 Å². The lowest BCUT2D eigenvalue weighted by molar-refractivity contribution is 0.258. The van der Waals surface area contributed by atoms with Gasteiger partial charge in [-0.15, -0.1) is 0 Å². The van der Waals surface area contributed by atoms with Crippen molar-refractivity contribution >= 4 is 17.1 Å². The Kier molecular flexibility index (Phi) is 5.59. The zero-order chi connectivity index (χ0) is 16.3. The number of aliphatic hydroxyl groups is 1. The molecule has 1 aromatic rings. The van der Waals surface area contributed by atoms with E-state index >= 15 is 0 Å². The zero-order valence-electron chi connectivity index (χ0n) is 14.0. The number of benzene rings is 1. The summed E-state index contributed by atoms with van der Waals surface area (Å²) in [6.45, 7) is 9.08. The number of rotatable bonds is 4. The molecular formula is C18H27NO2S. The molecule has 0 bridgehead atoms. The fourth-order valence-electron chi connectivity index (χ4n) is 2.95. The number of aliphatic hydroxyl groups excluding tert-OH is 1. The van der Waals surface area contributed by atoms with E-state index in [1.54, 1.807) is 0 Å². The van der Waals surface area contributed by atoms with Crippen LogP contribution in [-0.2, 0) is 11.0 Å². The Balaban J connectivity index is 2.34. The molecule has 1 aromatic carbocycles. The van der Waals surface area contributed by atoms with Crippen LogP contribution in [0.25, 0.3) is 6.08 Å². The minimum absolute atomic E-state index is 0.0558. The molecule has 3 atom stereocenters. The molecule has 0 aliphatic carbocycles. The molecule has 22 heavy (non-hydrogen) atoms. The van der Waals surface area contributed by atoms with E-state index in [0.29, 0.717) is 12.3 Å². The van der Waals surface area contributed by atoms with Crippen molar-refractivity contribution in [3.63, 3.8) is 0 Å². The third-order valence-corrected chi connectivity index (χ3v) is 5.90. The molecule has 0 spiro atoms. The van der Waals surface area contributed by atoms with E-state index in [1.165, 1.54) is 5.57 Å². The van der Waals surface area contributed by atoms with Gasteiger partial charge < -0.3 is 5.11 Å². The number of hydrogen-bond donors (Lipinski definition) is 1. The standard InChI is InChI=1S/C18H27NO2S/c1-14-13-19(22(21)18(2,3)4)17(10-11-20)16(14)12-15-8-6-5-7-9-15/h5-9,12,14,17,20H,10-11,13H2,1-4H3/b16-12-/t14-,17-,22?/m1/s1. The van der Waals surface area contributed by atoms with E-state index < -0.39 is 11.0 Å². The van der Waals surface area contributed by atoms with Crippen molar-refractivity contribution in [2.45, 2.75) is 44.9 Å². The summed E-state index contributed by atoms with van der Waals surface area (Å²) < 4.78 is 14.6. The number of hydrogen-bond acceptors (Lipinski definition) is 2. The predicted octanol–water partition coefficient (Wildman–Crippen LogP) is 3.23. The Labute approximate surface area is 136 Å². The van der Waals surface area contributed by atoms with Gasteiger partial charge in [0.25, 0.3) is 0 Å². The van der Waals surface area contributed by atoms with Crippen LogP contribution in [0.3, 0.4) is 0 Å². The molecule has 122 valence electrons. The van der Waals surface area contributed by atoms with Gasteiger partial charge in [-0.1, -0.05) is 43.3 Å². The van der Waals surface area contributed by atoms with E-state index in [0.717, 1.165) is 12.1 Å². The Hall–Kier alpha value is -0.970. The predicted molar refractivity (Wildman–Crippen MR) is 93.7 cm³/mol. The molecule has 0 aromatic heterocycles. The molecular weight excluding hydrogens is 294 g/mol. The molecule has 1 aliphatic heterocycles. The molecule has 1 heterocycles. The van der Waals surface area contributed by atoms with Gasteiger partial charge in [0.05, 0.1) is 4.75 Å².